The maximum absolute atomic E-state index is 11.2. The van der Waals surface area contributed by atoms with Crippen LogP contribution in [0.4, 0.5) is 0 Å². The Kier molecular flexibility index (Phi) is 4.29. The molecule has 1 aromatic carbocycles. The van der Waals surface area contributed by atoms with Gasteiger partial charge in [0.05, 0.1) is 7.11 Å². The second kappa shape index (κ2) is 5.27. The number of Topliss-reactive ketones (excluding diaryl/α,β-unsaturated/α-hetero) is 1. The molecular formula is C10H11ClO2S. The van der Waals surface area contributed by atoms with Gasteiger partial charge in [0.2, 0.25) is 0 Å². The third kappa shape index (κ3) is 2.93. The minimum absolute atomic E-state index is 0.0449. The van der Waals surface area contributed by atoms with Gasteiger partial charge >= 0.3 is 0 Å². The molecule has 0 spiro atoms. The highest BCUT2D eigenvalue weighted by Gasteiger charge is 2.06. The molecule has 0 saturated carbocycles. The van der Waals surface area contributed by atoms with Gasteiger partial charge in [-0.05, 0) is 23.8 Å². The lowest BCUT2D eigenvalue weighted by Crippen LogP contribution is -2.04. The molecule has 0 aromatic heterocycles. The highest BCUT2D eigenvalue weighted by atomic mass is 35.5. The van der Waals surface area contributed by atoms with Crippen LogP contribution in [0.25, 0.3) is 0 Å². The molecule has 76 valence electrons. The van der Waals surface area contributed by atoms with Crippen molar-refractivity contribution in [2.75, 3.05) is 12.9 Å². The van der Waals surface area contributed by atoms with Crippen molar-refractivity contribution < 1.29 is 9.53 Å². The number of ether oxygens (including phenoxy) is 1. The molecule has 0 radical (unpaired) electrons. The molecule has 0 N–H and O–H groups in total. The van der Waals surface area contributed by atoms with Crippen molar-refractivity contribution in [3.05, 3.63) is 28.8 Å². The van der Waals surface area contributed by atoms with Crippen molar-refractivity contribution in [3.8, 4) is 5.75 Å². The van der Waals surface area contributed by atoms with Gasteiger partial charge in [0.25, 0.3) is 0 Å². The fourth-order valence-corrected chi connectivity index (χ4v) is 1.38. The van der Waals surface area contributed by atoms with Crippen LogP contribution in [0.5, 0.6) is 5.75 Å². The average Bonchev–Trinajstić information content (AvgIpc) is 2.21. The maximum atomic E-state index is 11.2. The minimum atomic E-state index is 0.0449. The highest BCUT2D eigenvalue weighted by molar-refractivity contribution is 7.81. The van der Waals surface area contributed by atoms with Crippen LogP contribution < -0.4 is 4.74 Å². The van der Waals surface area contributed by atoms with Crippen LogP contribution in [-0.2, 0) is 11.2 Å². The van der Waals surface area contributed by atoms with E-state index in [2.05, 4.69) is 12.6 Å². The number of methoxy groups -OCH3 is 1. The van der Waals surface area contributed by atoms with E-state index in [1.165, 1.54) is 0 Å². The largest absolute Gasteiger partial charge is 0.497 e. The number of rotatable bonds is 4. The summed E-state index contributed by atoms with van der Waals surface area (Å²) in [6.07, 6.45) is 0.305. The van der Waals surface area contributed by atoms with Gasteiger partial charge < -0.3 is 4.74 Å². The highest BCUT2D eigenvalue weighted by Crippen LogP contribution is 2.22. The lowest BCUT2D eigenvalue weighted by molar-refractivity contribution is -0.115. The van der Waals surface area contributed by atoms with Gasteiger partial charge in [-0.25, -0.2) is 0 Å². The monoisotopic (exact) mass is 230 g/mol. The quantitative estimate of drug-likeness (QED) is 0.804. The van der Waals surface area contributed by atoms with Gasteiger partial charge in [-0.3, -0.25) is 4.79 Å². The first-order valence-electron chi connectivity index (χ1n) is 4.12. The molecule has 1 aromatic rings. The van der Waals surface area contributed by atoms with Crippen LogP contribution in [0.15, 0.2) is 18.2 Å². The molecule has 1 rings (SSSR count). The zero-order chi connectivity index (χ0) is 10.6. The lowest BCUT2D eigenvalue weighted by atomic mass is 10.1. The van der Waals surface area contributed by atoms with Crippen molar-refractivity contribution in [1.82, 2.24) is 0 Å². The number of hydrogen-bond donors (Lipinski definition) is 1. The number of hydrogen-bond acceptors (Lipinski definition) is 3. The van der Waals surface area contributed by atoms with Gasteiger partial charge in [-0.1, -0.05) is 11.6 Å². The Morgan fingerprint density at radius 3 is 2.86 bits per heavy atom. The van der Waals surface area contributed by atoms with E-state index in [-0.39, 0.29) is 11.5 Å². The predicted octanol–water partition coefficient (Wildman–Crippen LogP) is 2.39. The summed E-state index contributed by atoms with van der Waals surface area (Å²) in [5, 5.41) is 0.584. The number of thiol groups is 1. The Bertz CT molecular complexity index is 339. The lowest BCUT2D eigenvalue weighted by Gasteiger charge is -2.05. The van der Waals surface area contributed by atoms with Crippen molar-refractivity contribution >= 4 is 30.0 Å². The van der Waals surface area contributed by atoms with E-state index in [1.54, 1.807) is 25.3 Å². The Hall–Kier alpha value is -0.670. The van der Waals surface area contributed by atoms with Crippen molar-refractivity contribution in [2.45, 2.75) is 6.42 Å². The van der Waals surface area contributed by atoms with Crippen LogP contribution in [0.1, 0.15) is 5.56 Å². The number of carbonyl (C=O) groups excluding carboxylic acids is 1. The molecule has 4 heteroatoms. The average molecular weight is 231 g/mol. The predicted molar refractivity (Wildman–Crippen MR) is 60.6 cm³/mol. The van der Waals surface area contributed by atoms with E-state index < -0.39 is 0 Å². The summed E-state index contributed by atoms with van der Waals surface area (Å²) in [6.45, 7) is 0. The first-order valence-corrected chi connectivity index (χ1v) is 5.13. The smallest absolute Gasteiger partial charge is 0.146 e. The van der Waals surface area contributed by atoms with Gasteiger partial charge in [0.1, 0.15) is 11.5 Å². The molecule has 14 heavy (non-hydrogen) atoms. The first-order chi connectivity index (χ1) is 6.67. The molecule has 0 atom stereocenters. The van der Waals surface area contributed by atoms with Gasteiger partial charge in [-0.15, -0.1) is 0 Å². The van der Waals surface area contributed by atoms with Gasteiger partial charge in [-0.2, -0.15) is 12.6 Å². The fourth-order valence-electron chi connectivity index (χ4n) is 1.08. The third-order valence-electron chi connectivity index (χ3n) is 1.82. The number of ketones is 1. The van der Waals surface area contributed by atoms with E-state index in [9.17, 15) is 4.79 Å². The molecule has 2 nitrogen and oxygen atoms in total. The second-order valence-corrected chi connectivity index (χ2v) is 3.55. The Labute approximate surface area is 93.6 Å². The van der Waals surface area contributed by atoms with Crippen LogP contribution in [0.2, 0.25) is 5.02 Å². The zero-order valence-corrected chi connectivity index (χ0v) is 9.44. The molecule has 0 bridgehead atoms. The summed E-state index contributed by atoms with van der Waals surface area (Å²) in [4.78, 5) is 11.2. The molecule has 0 aliphatic carbocycles. The molecule has 0 saturated heterocycles. The number of benzene rings is 1. The third-order valence-corrected chi connectivity index (χ3v) is 2.54. The summed E-state index contributed by atoms with van der Waals surface area (Å²) in [5.41, 5.74) is 0.782. The number of halogens is 1. The molecular weight excluding hydrogens is 220 g/mol. The summed E-state index contributed by atoms with van der Waals surface area (Å²) >= 11 is 9.83. The Morgan fingerprint density at radius 1 is 1.57 bits per heavy atom. The zero-order valence-electron chi connectivity index (χ0n) is 7.79. The molecule has 0 unspecified atom stereocenters. The summed E-state index contributed by atoms with van der Waals surface area (Å²) in [6, 6.07) is 5.25. The van der Waals surface area contributed by atoms with Gasteiger partial charge in [0, 0.05) is 17.2 Å². The molecule has 0 fully saturated rings. The van der Waals surface area contributed by atoms with Crippen LogP contribution in [-0.4, -0.2) is 18.6 Å². The fraction of sp³-hybridized carbons (Fsp3) is 0.300. The number of carbonyl (C=O) groups is 1. The first kappa shape index (κ1) is 11.4. The summed E-state index contributed by atoms with van der Waals surface area (Å²) in [7, 11) is 1.58. The normalized spacial score (nSPS) is 9.93. The van der Waals surface area contributed by atoms with Crippen molar-refractivity contribution in [3.63, 3.8) is 0 Å². The van der Waals surface area contributed by atoms with Crippen LogP contribution in [0, 0.1) is 0 Å². The SMILES string of the molecule is COc1ccc(Cl)c(CC(=O)CS)c1. The topological polar surface area (TPSA) is 26.3 Å². The molecule has 0 aliphatic rings. The van der Waals surface area contributed by atoms with E-state index in [4.69, 9.17) is 16.3 Å². The van der Waals surface area contributed by atoms with E-state index in [0.717, 1.165) is 5.56 Å². The standard InChI is InChI=1S/C10H11ClO2S/c1-13-9-2-3-10(11)7(5-9)4-8(12)6-14/h2-3,5,14H,4,6H2,1H3. The maximum Gasteiger partial charge on any atom is 0.146 e. The minimum Gasteiger partial charge on any atom is -0.497 e. The molecule has 0 amide bonds. The molecule has 0 aliphatic heterocycles. The Morgan fingerprint density at radius 2 is 2.29 bits per heavy atom. The molecule has 0 heterocycles. The van der Waals surface area contributed by atoms with E-state index in [0.29, 0.717) is 17.2 Å². The van der Waals surface area contributed by atoms with E-state index in [1.807, 2.05) is 0 Å². The summed E-state index contributed by atoms with van der Waals surface area (Å²) in [5.74, 6) is 0.980. The van der Waals surface area contributed by atoms with Crippen molar-refractivity contribution in [2.24, 2.45) is 0 Å². The summed E-state index contributed by atoms with van der Waals surface area (Å²) < 4.78 is 5.04. The second-order valence-electron chi connectivity index (χ2n) is 2.83. The van der Waals surface area contributed by atoms with Crippen LogP contribution in [0.3, 0.4) is 0 Å². The Balaban J connectivity index is 2.89. The van der Waals surface area contributed by atoms with Crippen LogP contribution >= 0.6 is 24.2 Å². The van der Waals surface area contributed by atoms with E-state index >= 15 is 0 Å². The van der Waals surface area contributed by atoms with Gasteiger partial charge in [0.15, 0.2) is 0 Å². The van der Waals surface area contributed by atoms with Crippen molar-refractivity contribution in [1.29, 1.82) is 0 Å².